The second-order valence-electron chi connectivity index (χ2n) is 3.59. The van der Waals surface area contributed by atoms with Crippen LogP contribution in [0.2, 0.25) is 5.02 Å². The summed E-state index contributed by atoms with van der Waals surface area (Å²) in [5, 5.41) is 13.7. The Morgan fingerprint density at radius 3 is 3.00 bits per heavy atom. The highest BCUT2D eigenvalue weighted by atomic mass is 35.5. The molecule has 5 heteroatoms. The van der Waals surface area contributed by atoms with E-state index in [9.17, 15) is 9.90 Å². The Labute approximate surface area is 108 Å². The van der Waals surface area contributed by atoms with Gasteiger partial charge in [0.25, 0.3) is 0 Å². The maximum Gasteiger partial charge on any atom is 0.0972 e. The normalized spacial score (nSPS) is 10.4. The van der Waals surface area contributed by atoms with E-state index in [2.05, 4.69) is 4.98 Å². The van der Waals surface area contributed by atoms with Gasteiger partial charge in [-0.25, -0.2) is 4.98 Å². The van der Waals surface area contributed by atoms with Crippen LogP contribution in [0.1, 0.15) is 16.3 Å². The summed E-state index contributed by atoms with van der Waals surface area (Å²) in [5.41, 5.74) is 1.61. The van der Waals surface area contributed by atoms with E-state index in [1.54, 1.807) is 5.38 Å². The molecule has 0 amide bonds. The van der Waals surface area contributed by atoms with Crippen molar-refractivity contribution in [3.63, 3.8) is 0 Å². The van der Waals surface area contributed by atoms with E-state index in [4.69, 9.17) is 11.6 Å². The summed E-state index contributed by atoms with van der Waals surface area (Å²) < 4.78 is 0. The minimum Gasteiger partial charge on any atom is -0.550 e. The lowest BCUT2D eigenvalue weighted by atomic mass is 10.2. The van der Waals surface area contributed by atoms with Gasteiger partial charge in [-0.15, -0.1) is 11.3 Å². The van der Waals surface area contributed by atoms with E-state index in [0.29, 0.717) is 17.1 Å². The van der Waals surface area contributed by atoms with Crippen molar-refractivity contribution >= 4 is 28.9 Å². The second-order valence-corrected chi connectivity index (χ2v) is 4.97. The number of carbonyl (C=O) groups is 1. The number of hydrogen-bond acceptors (Lipinski definition) is 4. The van der Waals surface area contributed by atoms with Gasteiger partial charge in [0.1, 0.15) is 0 Å². The number of rotatable bonds is 4. The van der Waals surface area contributed by atoms with Crippen LogP contribution in [0.3, 0.4) is 0 Å². The molecule has 0 atom stereocenters. The lowest BCUT2D eigenvalue weighted by Gasteiger charge is -1.99. The highest BCUT2D eigenvalue weighted by molar-refractivity contribution is 7.09. The summed E-state index contributed by atoms with van der Waals surface area (Å²) in [5.74, 6) is -1.11. The summed E-state index contributed by atoms with van der Waals surface area (Å²) in [6.07, 6.45) is 0.532. The van der Waals surface area contributed by atoms with Crippen molar-refractivity contribution in [3.05, 3.63) is 50.9 Å². The molecule has 3 nitrogen and oxygen atoms in total. The SMILES string of the molecule is O=C([O-])Cc1csc(Cc2cccc(Cl)c2)n1. The van der Waals surface area contributed by atoms with Gasteiger partial charge in [-0.2, -0.15) is 0 Å². The molecule has 0 saturated heterocycles. The Morgan fingerprint density at radius 2 is 2.29 bits per heavy atom. The molecule has 1 aromatic carbocycles. The predicted molar refractivity (Wildman–Crippen MR) is 65.1 cm³/mol. The molecule has 0 N–H and O–H groups in total. The maximum atomic E-state index is 10.4. The lowest BCUT2D eigenvalue weighted by Crippen LogP contribution is -2.24. The Hall–Kier alpha value is -1.39. The minimum absolute atomic E-state index is 0.133. The summed E-state index contributed by atoms with van der Waals surface area (Å²) in [4.78, 5) is 14.6. The van der Waals surface area contributed by atoms with Crippen molar-refractivity contribution in [2.45, 2.75) is 12.8 Å². The molecule has 2 rings (SSSR count). The lowest BCUT2D eigenvalue weighted by molar-refractivity contribution is -0.304. The van der Waals surface area contributed by atoms with E-state index in [0.717, 1.165) is 10.6 Å². The molecule has 1 aromatic heterocycles. The van der Waals surface area contributed by atoms with Crippen molar-refractivity contribution in [2.75, 3.05) is 0 Å². The van der Waals surface area contributed by atoms with Gasteiger partial charge in [0.15, 0.2) is 0 Å². The van der Waals surface area contributed by atoms with Crippen LogP contribution in [0.4, 0.5) is 0 Å². The number of halogens is 1. The standard InChI is InChI=1S/C12H10ClNO2S/c13-9-3-1-2-8(4-9)5-11-14-10(7-17-11)6-12(15)16/h1-4,7H,5-6H2,(H,15,16)/p-1. The number of nitrogens with zero attached hydrogens (tertiary/aromatic N) is 1. The summed E-state index contributed by atoms with van der Waals surface area (Å²) >= 11 is 7.33. The zero-order valence-corrected chi connectivity index (χ0v) is 10.4. The summed E-state index contributed by atoms with van der Waals surface area (Å²) in [7, 11) is 0. The van der Waals surface area contributed by atoms with Crippen LogP contribution in [0.15, 0.2) is 29.6 Å². The third kappa shape index (κ3) is 3.54. The zero-order valence-electron chi connectivity index (χ0n) is 8.85. The molecule has 0 fully saturated rings. The van der Waals surface area contributed by atoms with Crippen LogP contribution in [0.25, 0.3) is 0 Å². The number of carbonyl (C=O) groups excluding carboxylic acids is 1. The van der Waals surface area contributed by atoms with E-state index >= 15 is 0 Å². The first-order chi connectivity index (χ1) is 8.13. The highest BCUT2D eigenvalue weighted by Crippen LogP contribution is 2.17. The molecule has 2 aromatic rings. The molecule has 0 aliphatic rings. The van der Waals surface area contributed by atoms with Gasteiger partial charge < -0.3 is 9.90 Å². The van der Waals surface area contributed by atoms with Gasteiger partial charge in [0, 0.05) is 29.2 Å². The van der Waals surface area contributed by atoms with Crippen LogP contribution in [-0.2, 0) is 17.6 Å². The first-order valence-electron chi connectivity index (χ1n) is 5.01. The Balaban J connectivity index is 2.08. The number of aromatic nitrogens is 1. The number of carboxylic acid groups (broad SMARTS) is 1. The van der Waals surface area contributed by atoms with Gasteiger partial charge in [-0.1, -0.05) is 23.7 Å². The summed E-state index contributed by atoms with van der Waals surface area (Å²) in [6.45, 7) is 0. The first-order valence-corrected chi connectivity index (χ1v) is 6.27. The van der Waals surface area contributed by atoms with Gasteiger partial charge in [-0.3, -0.25) is 0 Å². The van der Waals surface area contributed by atoms with Crippen LogP contribution < -0.4 is 5.11 Å². The van der Waals surface area contributed by atoms with Crippen LogP contribution in [0, 0.1) is 0 Å². The Kier molecular flexibility index (Phi) is 3.76. The summed E-state index contributed by atoms with van der Waals surface area (Å²) in [6, 6.07) is 7.54. The average molecular weight is 267 g/mol. The Bertz CT molecular complexity index is 539. The van der Waals surface area contributed by atoms with E-state index in [1.165, 1.54) is 11.3 Å². The molecule has 0 bridgehead atoms. The number of thiazole rings is 1. The van der Waals surface area contributed by atoms with Gasteiger partial charge in [0.2, 0.25) is 0 Å². The fourth-order valence-corrected chi connectivity index (χ4v) is 2.52. The van der Waals surface area contributed by atoms with Crippen LogP contribution in [-0.4, -0.2) is 11.0 Å². The molecule has 0 aliphatic carbocycles. The Morgan fingerprint density at radius 1 is 1.47 bits per heavy atom. The zero-order chi connectivity index (χ0) is 12.3. The highest BCUT2D eigenvalue weighted by Gasteiger charge is 2.04. The predicted octanol–water partition coefficient (Wildman–Crippen LogP) is 1.68. The first kappa shape index (κ1) is 12.1. The smallest absolute Gasteiger partial charge is 0.0972 e. The quantitative estimate of drug-likeness (QED) is 0.846. The molecule has 0 aliphatic heterocycles. The molecule has 0 saturated carbocycles. The van der Waals surface area contributed by atoms with E-state index in [-0.39, 0.29) is 6.42 Å². The topological polar surface area (TPSA) is 53.0 Å². The fourth-order valence-electron chi connectivity index (χ4n) is 1.48. The van der Waals surface area contributed by atoms with Gasteiger partial charge >= 0.3 is 0 Å². The van der Waals surface area contributed by atoms with Crippen molar-refractivity contribution in [2.24, 2.45) is 0 Å². The van der Waals surface area contributed by atoms with E-state index < -0.39 is 5.97 Å². The van der Waals surface area contributed by atoms with Crippen molar-refractivity contribution in [1.82, 2.24) is 4.98 Å². The third-order valence-electron chi connectivity index (χ3n) is 2.17. The van der Waals surface area contributed by atoms with Crippen molar-refractivity contribution in [1.29, 1.82) is 0 Å². The largest absolute Gasteiger partial charge is 0.550 e. The van der Waals surface area contributed by atoms with Crippen molar-refractivity contribution < 1.29 is 9.90 Å². The van der Waals surface area contributed by atoms with Gasteiger partial charge in [-0.05, 0) is 17.7 Å². The minimum atomic E-state index is -1.11. The molecule has 0 unspecified atom stereocenters. The van der Waals surface area contributed by atoms with Crippen molar-refractivity contribution in [3.8, 4) is 0 Å². The third-order valence-corrected chi connectivity index (χ3v) is 3.30. The molecule has 17 heavy (non-hydrogen) atoms. The fraction of sp³-hybridized carbons (Fsp3) is 0.167. The average Bonchev–Trinajstić information content (AvgIpc) is 2.64. The maximum absolute atomic E-state index is 10.4. The number of benzene rings is 1. The van der Waals surface area contributed by atoms with E-state index in [1.807, 2.05) is 24.3 Å². The molecular formula is C12H9ClNO2S-. The monoisotopic (exact) mass is 266 g/mol. The molecule has 0 spiro atoms. The molecule has 0 radical (unpaired) electrons. The number of aliphatic carboxylic acids is 1. The van der Waals surface area contributed by atoms with Crippen LogP contribution >= 0.6 is 22.9 Å². The van der Waals surface area contributed by atoms with Gasteiger partial charge in [0.05, 0.1) is 10.7 Å². The second kappa shape index (κ2) is 5.29. The number of hydrogen-bond donors (Lipinski definition) is 0. The van der Waals surface area contributed by atoms with Crippen LogP contribution in [0.5, 0.6) is 0 Å². The number of carboxylic acids is 1. The molecule has 88 valence electrons. The molecule has 1 heterocycles. The molecular weight excluding hydrogens is 258 g/mol.